The summed E-state index contributed by atoms with van der Waals surface area (Å²) in [4.78, 5) is 10.6. The molecule has 0 saturated carbocycles. The van der Waals surface area contributed by atoms with Gasteiger partial charge in [-0.2, -0.15) is 4.68 Å². The van der Waals surface area contributed by atoms with Crippen LogP contribution >= 0.6 is 0 Å². The molecule has 0 bridgehead atoms. The van der Waals surface area contributed by atoms with E-state index in [2.05, 4.69) is 15.5 Å². The van der Waals surface area contributed by atoms with Crippen molar-refractivity contribution in [1.29, 1.82) is 0 Å². The van der Waals surface area contributed by atoms with Crippen LogP contribution in [0.5, 0.6) is 0 Å². The van der Waals surface area contributed by atoms with Crippen molar-refractivity contribution in [3.05, 3.63) is 10.5 Å². The van der Waals surface area contributed by atoms with Gasteiger partial charge in [-0.3, -0.25) is 4.39 Å². The van der Waals surface area contributed by atoms with Gasteiger partial charge in [-0.1, -0.05) is 0 Å². The molecule has 0 radical (unpaired) electrons. The Morgan fingerprint density at radius 2 is 2.36 bits per heavy atom. The van der Waals surface area contributed by atoms with Crippen LogP contribution in [0.2, 0.25) is 0 Å². The Balaban J connectivity index is 0.000001000. The van der Waals surface area contributed by atoms with Gasteiger partial charge in [0.2, 0.25) is 0 Å². The molecule has 0 aliphatic heterocycles. The molecule has 0 amide bonds. The molecule has 58 valence electrons. The van der Waals surface area contributed by atoms with E-state index in [0.717, 1.165) is 4.68 Å². The van der Waals surface area contributed by atoms with Crippen LogP contribution < -0.4 is 5.69 Å². The van der Waals surface area contributed by atoms with Crippen molar-refractivity contribution in [2.75, 3.05) is 6.67 Å². The normalized spacial score (nSPS) is 9.18. The van der Waals surface area contributed by atoms with E-state index < -0.39 is 12.4 Å². The first-order valence-electron chi connectivity index (χ1n) is 2.88. The molecule has 1 heterocycles. The van der Waals surface area contributed by atoms with Crippen LogP contribution in [-0.2, 0) is 6.54 Å². The zero-order valence-electron chi connectivity index (χ0n) is 5.25. The van der Waals surface area contributed by atoms with E-state index in [0.29, 0.717) is 6.42 Å². The fraction of sp³-hybridized carbons (Fsp3) is 0.750. The van der Waals surface area contributed by atoms with Crippen molar-refractivity contribution in [2.24, 2.45) is 0 Å². The van der Waals surface area contributed by atoms with E-state index in [9.17, 15) is 9.18 Å². The monoisotopic (exact) mass is 186 g/mol. The summed E-state index contributed by atoms with van der Waals surface area (Å²) in [6.07, 6.45) is 0.298. The zero-order chi connectivity index (χ0) is 7.40. The predicted molar refractivity (Wildman–Crippen MR) is 38.4 cm³/mol. The number of hydrogen-bond donors (Lipinski definition) is 1. The van der Waals surface area contributed by atoms with E-state index >= 15 is 0 Å². The average molecular weight is 186 g/mol. The van der Waals surface area contributed by atoms with Crippen LogP contribution in [0.25, 0.3) is 0 Å². The Labute approximate surface area is 105 Å². The average Bonchev–Trinajstić information content (AvgIpc) is 2.31. The summed E-state index contributed by atoms with van der Waals surface area (Å²) < 4.78 is 12.6. The summed E-state index contributed by atoms with van der Waals surface area (Å²) in [6.45, 7) is -0.162. The van der Waals surface area contributed by atoms with E-state index in [1.165, 1.54) is 0 Å². The Morgan fingerprint density at radius 1 is 1.64 bits per heavy atom. The van der Waals surface area contributed by atoms with Crippen LogP contribution in [0, 0.1) is 0 Å². The Hall–Kier alpha value is 0.436. The first-order chi connectivity index (χ1) is 4.84. The van der Waals surface area contributed by atoms with E-state index in [1.54, 1.807) is 0 Å². The molecular weight excluding hydrogens is 178 g/mol. The Morgan fingerprint density at radius 3 is 2.82 bits per heavy atom. The number of rotatable bonds is 3. The van der Waals surface area contributed by atoms with Crippen LogP contribution in [-0.4, -0.2) is 78.3 Å². The molecule has 1 aromatic rings. The molecule has 1 aromatic heterocycles. The standard InChI is InChI=1S/C4H7FN4O.K.H/c5-2-1-3-9-4(10)6-7-8-9;;/h1-3H2,(H,6,8,10);;. The molecular formula is C4H8FKN4O. The van der Waals surface area contributed by atoms with Crippen LogP contribution in [0.1, 0.15) is 6.42 Å². The number of nitrogens with one attached hydrogen (secondary N) is 1. The molecule has 1 N–H and O–H groups in total. The summed E-state index contributed by atoms with van der Waals surface area (Å²) in [5, 5.41) is 8.71. The minimum absolute atomic E-state index is 0. The number of hydrogen-bond acceptors (Lipinski definition) is 3. The Kier molecular flexibility index (Phi) is 6.25. The maximum absolute atomic E-state index is 11.5. The van der Waals surface area contributed by atoms with E-state index in [-0.39, 0.29) is 57.9 Å². The van der Waals surface area contributed by atoms with Gasteiger partial charge >= 0.3 is 57.1 Å². The van der Waals surface area contributed by atoms with Crippen molar-refractivity contribution in [3.8, 4) is 0 Å². The number of tetrazole rings is 1. The third kappa shape index (κ3) is 3.56. The number of H-pyrrole nitrogens is 1. The maximum atomic E-state index is 11.5. The molecule has 0 aliphatic rings. The molecule has 0 saturated heterocycles. The summed E-state index contributed by atoms with van der Waals surface area (Å²) in [5.41, 5.74) is -0.395. The second-order valence-electron chi connectivity index (χ2n) is 1.77. The van der Waals surface area contributed by atoms with Gasteiger partial charge < -0.3 is 0 Å². The number of nitrogens with zero attached hydrogens (tertiary/aromatic N) is 3. The molecule has 5 nitrogen and oxygen atoms in total. The number of halogens is 1. The minimum atomic E-state index is -0.445. The van der Waals surface area contributed by atoms with Crippen molar-refractivity contribution in [2.45, 2.75) is 13.0 Å². The topological polar surface area (TPSA) is 63.6 Å². The molecule has 1 rings (SSSR count). The number of aryl methyl sites for hydroxylation is 1. The van der Waals surface area contributed by atoms with Gasteiger partial charge in [-0.15, -0.1) is 0 Å². The van der Waals surface area contributed by atoms with Gasteiger partial charge in [0.05, 0.1) is 13.2 Å². The first kappa shape index (κ1) is 11.4. The first-order valence-corrected chi connectivity index (χ1v) is 2.88. The molecule has 0 aromatic carbocycles. The Bertz CT molecular complexity index is 246. The van der Waals surface area contributed by atoms with Crippen LogP contribution in [0.3, 0.4) is 0 Å². The summed E-state index contributed by atoms with van der Waals surface area (Å²) in [5.74, 6) is 0. The second kappa shape index (κ2) is 6.01. The summed E-state index contributed by atoms with van der Waals surface area (Å²) in [7, 11) is 0. The van der Waals surface area contributed by atoms with Gasteiger partial charge in [0.1, 0.15) is 0 Å². The van der Waals surface area contributed by atoms with E-state index in [1.807, 2.05) is 0 Å². The van der Waals surface area contributed by atoms with Crippen molar-refractivity contribution in [1.82, 2.24) is 20.2 Å². The quantitative estimate of drug-likeness (QED) is 0.595. The zero-order valence-corrected chi connectivity index (χ0v) is 5.25. The molecule has 0 unspecified atom stereocenters. The third-order valence-corrected chi connectivity index (χ3v) is 1.04. The number of aromatic amines is 1. The van der Waals surface area contributed by atoms with Gasteiger partial charge in [0.25, 0.3) is 0 Å². The fourth-order valence-electron chi connectivity index (χ4n) is 0.573. The van der Waals surface area contributed by atoms with Gasteiger partial charge in [-0.05, 0) is 16.8 Å². The van der Waals surface area contributed by atoms with Crippen LogP contribution in [0.15, 0.2) is 4.79 Å². The predicted octanol–water partition coefficient (Wildman–Crippen LogP) is -1.32. The van der Waals surface area contributed by atoms with Gasteiger partial charge in [0, 0.05) is 0 Å². The molecule has 0 spiro atoms. The summed E-state index contributed by atoms with van der Waals surface area (Å²) >= 11 is 0. The fourth-order valence-corrected chi connectivity index (χ4v) is 0.573. The molecule has 11 heavy (non-hydrogen) atoms. The summed E-state index contributed by atoms with van der Waals surface area (Å²) in [6, 6.07) is 0. The molecule has 0 atom stereocenters. The number of aromatic nitrogens is 4. The van der Waals surface area contributed by atoms with Crippen molar-refractivity contribution >= 4 is 51.4 Å². The van der Waals surface area contributed by atoms with E-state index in [4.69, 9.17) is 0 Å². The molecule has 0 aliphatic carbocycles. The van der Waals surface area contributed by atoms with Crippen LogP contribution in [0.4, 0.5) is 4.39 Å². The van der Waals surface area contributed by atoms with Gasteiger partial charge in [0.15, 0.2) is 0 Å². The third-order valence-electron chi connectivity index (χ3n) is 1.04. The second-order valence-corrected chi connectivity index (χ2v) is 1.77. The molecule has 7 heteroatoms. The SMILES string of the molecule is O=c1[nH]nnn1CCCF.[KH]. The van der Waals surface area contributed by atoms with Crippen molar-refractivity contribution in [3.63, 3.8) is 0 Å². The molecule has 0 fully saturated rings. The number of alkyl halides is 1. The van der Waals surface area contributed by atoms with Gasteiger partial charge in [-0.25, -0.2) is 9.89 Å². The van der Waals surface area contributed by atoms with Crippen molar-refractivity contribution < 1.29 is 4.39 Å².